The Bertz CT molecular complexity index is 302. The average molecular weight is 320 g/mol. The first-order valence-electron chi connectivity index (χ1n) is 4.69. The van der Waals surface area contributed by atoms with Crippen LogP contribution in [0.2, 0.25) is 5.32 Å². The molecular weight excluding hydrogens is 306 g/mol. The third-order valence-electron chi connectivity index (χ3n) is 1.79. The molecule has 0 aromatic carbocycles. The van der Waals surface area contributed by atoms with Crippen LogP contribution in [0.5, 0.6) is 0 Å². The van der Waals surface area contributed by atoms with Gasteiger partial charge in [-0.25, -0.2) is 0 Å². The van der Waals surface area contributed by atoms with Crippen LogP contribution in [0, 0.1) is 0 Å². The summed E-state index contributed by atoms with van der Waals surface area (Å²) in [5, 5.41) is 1.32. The maximum absolute atomic E-state index is 10.6. The fraction of sp³-hybridized carbons (Fsp3) is 0.364. The molecule has 76 valence electrons. The van der Waals surface area contributed by atoms with Crippen LogP contribution in [0.25, 0.3) is 6.08 Å². The summed E-state index contributed by atoms with van der Waals surface area (Å²) in [5.41, 5.74) is 1.14. The third kappa shape index (κ3) is 3.98. The minimum atomic E-state index is 0.290. The van der Waals surface area contributed by atoms with Crippen molar-refractivity contribution >= 4 is 41.8 Å². The molecule has 0 unspecified atom stereocenters. The molecule has 0 spiro atoms. The Morgan fingerprint density at radius 2 is 2.43 bits per heavy atom. The number of hydrogen-bond donors (Lipinski definition) is 0. The molecule has 14 heavy (non-hydrogen) atoms. The first-order valence-corrected chi connectivity index (χ1v) is 8.74. The van der Waals surface area contributed by atoms with Crippen molar-refractivity contribution in [3.63, 3.8) is 0 Å². The van der Waals surface area contributed by atoms with E-state index in [-0.39, 0.29) is 14.5 Å². The van der Waals surface area contributed by atoms with Crippen LogP contribution >= 0.6 is 0 Å². The van der Waals surface area contributed by atoms with E-state index >= 15 is 0 Å². The van der Waals surface area contributed by atoms with Crippen molar-refractivity contribution in [1.82, 2.24) is 0 Å². The van der Waals surface area contributed by atoms with E-state index < -0.39 is 0 Å². The minimum absolute atomic E-state index is 0.290. The van der Waals surface area contributed by atoms with E-state index in [9.17, 15) is 4.79 Å². The molecule has 0 aliphatic carbocycles. The first-order chi connectivity index (χ1) is 6.88. The normalized spacial score (nSPS) is 10.9. The van der Waals surface area contributed by atoms with E-state index in [0.29, 0.717) is 15.0 Å². The van der Waals surface area contributed by atoms with Gasteiger partial charge in [-0.2, -0.15) is 0 Å². The van der Waals surface area contributed by atoms with Gasteiger partial charge >= 0.3 is 97.7 Å². The SMILES string of the molecule is CCCC[Se]C=Cc1cc[se]c1C=O. The van der Waals surface area contributed by atoms with E-state index in [1.54, 1.807) is 0 Å². The van der Waals surface area contributed by atoms with Gasteiger partial charge in [0, 0.05) is 0 Å². The zero-order chi connectivity index (χ0) is 10.2. The first kappa shape index (κ1) is 12.0. The Morgan fingerprint density at radius 3 is 3.14 bits per heavy atom. The van der Waals surface area contributed by atoms with Crippen LogP contribution in [0.1, 0.15) is 34.6 Å². The van der Waals surface area contributed by atoms with Crippen molar-refractivity contribution in [2.45, 2.75) is 25.1 Å². The Balaban J connectivity index is 2.39. The van der Waals surface area contributed by atoms with Crippen LogP contribution in [0.4, 0.5) is 0 Å². The molecule has 0 saturated carbocycles. The molecule has 0 N–H and O–H groups in total. The van der Waals surface area contributed by atoms with Crippen molar-refractivity contribution in [3.05, 3.63) is 26.0 Å². The second kappa shape index (κ2) is 7.25. The second-order valence-corrected chi connectivity index (χ2v) is 7.00. The summed E-state index contributed by atoms with van der Waals surface area (Å²) in [4.78, 5) is 15.0. The van der Waals surface area contributed by atoms with Crippen LogP contribution in [-0.2, 0) is 0 Å². The standard InChI is InChI=1S/C11H14OSe2/c1-2-3-6-13-7-4-10-5-8-14-11(10)9-12/h4-5,7-9H,2-3,6H2,1H3. The topological polar surface area (TPSA) is 17.1 Å². The van der Waals surface area contributed by atoms with Crippen LogP contribution in [-0.4, -0.2) is 35.7 Å². The van der Waals surface area contributed by atoms with Crippen molar-refractivity contribution in [3.8, 4) is 0 Å². The molecule has 0 amide bonds. The van der Waals surface area contributed by atoms with Crippen molar-refractivity contribution < 1.29 is 4.79 Å². The number of rotatable bonds is 6. The van der Waals surface area contributed by atoms with Crippen molar-refractivity contribution in [1.29, 1.82) is 0 Å². The summed E-state index contributed by atoms with van der Waals surface area (Å²) < 4.78 is 0.986. The second-order valence-electron chi connectivity index (χ2n) is 2.89. The van der Waals surface area contributed by atoms with Crippen molar-refractivity contribution in [2.75, 3.05) is 0 Å². The molecular formula is C11H14OSe2. The zero-order valence-electron chi connectivity index (χ0n) is 8.23. The molecule has 0 radical (unpaired) electrons. The Morgan fingerprint density at radius 1 is 1.57 bits per heavy atom. The molecule has 1 rings (SSSR count). The molecule has 1 aromatic rings. The van der Waals surface area contributed by atoms with Gasteiger partial charge in [0.05, 0.1) is 0 Å². The van der Waals surface area contributed by atoms with Gasteiger partial charge in [0.25, 0.3) is 0 Å². The predicted octanol–water partition coefficient (Wildman–Crippen LogP) is 2.45. The van der Waals surface area contributed by atoms with Gasteiger partial charge in [-0.3, -0.25) is 0 Å². The average Bonchev–Trinajstić information content (AvgIpc) is 2.65. The summed E-state index contributed by atoms with van der Waals surface area (Å²) in [6.45, 7) is 2.22. The van der Waals surface area contributed by atoms with Crippen molar-refractivity contribution in [2.24, 2.45) is 0 Å². The Labute approximate surface area is 97.5 Å². The van der Waals surface area contributed by atoms with E-state index in [2.05, 4.69) is 29.0 Å². The number of hydrogen-bond acceptors (Lipinski definition) is 1. The maximum atomic E-state index is 10.6. The molecule has 0 aliphatic heterocycles. The fourth-order valence-corrected chi connectivity index (χ4v) is 4.18. The molecule has 1 aromatic heterocycles. The van der Waals surface area contributed by atoms with Gasteiger partial charge in [0.1, 0.15) is 0 Å². The Hall–Kier alpha value is -0.0710. The van der Waals surface area contributed by atoms with Gasteiger partial charge in [-0.05, 0) is 0 Å². The van der Waals surface area contributed by atoms with Gasteiger partial charge in [-0.15, -0.1) is 0 Å². The molecule has 0 aliphatic rings. The summed E-state index contributed by atoms with van der Waals surface area (Å²) in [5.74, 6) is 0. The number of aldehydes is 1. The summed E-state index contributed by atoms with van der Waals surface area (Å²) in [6, 6.07) is 2.07. The van der Waals surface area contributed by atoms with Gasteiger partial charge < -0.3 is 0 Å². The number of carbonyl (C=O) groups is 1. The molecule has 1 nitrogen and oxygen atoms in total. The molecule has 3 heteroatoms. The monoisotopic (exact) mass is 322 g/mol. The van der Waals surface area contributed by atoms with Crippen LogP contribution < -0.4 is 0 Å². The van der Waals surface area contributed by atoms with Crippen LogP contribution in [0.3, 0.4) is 0 Å². The molecule has 1 heterocycles. The molecule has 0 fully saturated rings. The summed E-state index contributed by atoms with van der Waals surface area (Å²) in [7, 11) is 0. The van der Waals surface area contributed by atoms with Crippen LogP contribution in [0.15, 0.2) is 16.0 Å². The predicted molar refractivity (Wildman–Crippen MR) is 63.3 cm³/mol. The summed E-state index contributed by atoms with van der Waals surface area (Å²) >= 11 is 0.901. The van der Waals surface area contributed by atoms with E-state index in [4.69, 9.17) is 0 Å². The third-order valence-corrected chi connectivity index (χ3v) is 5.38. The van der Waals surface area contributed by atoms with E-state index in [1.807, 2.05) is 0 Å². The fourth-order valence-electron chi connectivity index (χ4n) is 0.981. The molecule has 0 atom stereocenters. The van der Waals surface area contributed by atoms with Gasteiger partial charge in [-0.1, -0.05) is 0 Å². The van der Waals surface area contributed by atoms with Gasteiger partial charge in [0.15, 0.2) is 0 Å². The van der Waals surface area contributed by atoms with E-state index in [0.717, 1.165) is 16.3 Å². The number of unbranched alkanes of at least 4 members (excludes halogenated alkanes) is 1. The van der Waals surface area contributed by atoms with E-state index in [1.165, 1.54) is 18.2 Å². The summed E-state index contributed by atoms with van der Waals surface area (Å²) in [6.07, 6.45) is 5.72. The molecule has 0 saturated heterocycles. The van der Waals surface area contributed by atoms with Gasteiger partial charge in [0.2, 0.25) is 0 Å². The number of carbonyl (C=O) groups excluding carboxylic acids is 1. The molecule has 0 bridgehead atoms. The zero-order valence-corrected chi connectivity index (χ0v) is 11.7. The Kier molecular flexibility index (Phi) is 6.22. The quantitative estimate of drug-likeness (QED) is 0.447.